The van der Waals surface area contributed by atoms with E-state index in [0.29, 0.717) is 6.54 Å². The summed E-state index contributed by atoms with van der Waals surface area (Å²) in [4.78, 5) is 28.4. The smallest absolute Gasteiger partial charge is 0.264 e. The van der Waals surface area contributed by atoms with Crippen LogP contribution in [0.15, 0.2) is 83.8 Å². The second-order valence-corrected chi connectivity index (χ2v) is 11.3. The maximum absolute atomic E-state index is 13.9. The van der Waals surface area contributed by atoms with Crippen LogP contribution in [0.3, 0.4) is 0 Å². The second-order valence-electron chi connectivity index (χ2n) is 9.04. The van der Waals surface area contributed by atoms with Crippen molar-refractivity contribution in [2.75, 3.05) is 17.4 Å². The molecule has 3 rings (SSSR count). The van der Waals surface area contributed by atoms with Crippen molar-refractivity contribution < 1.29 is 18.0 Å². The Bertz CT molecular complexity index is 1350. The number of sulfonamides is 1. The maximum atomic E-state index is 13.9. The van der Waals surface area contributed by atoms with Gasteiger partial charge in [0.05, 0.1) is 15.6 Å². The minimum absolute atomic E-state index is 0.0310. The lowest BCUT2D eigenvalue weighted by atomic mass is 10.1. The first-order valence-corrected chi connectivity index (χ1v) is 14.4. The highest BCUT2D eigenvalue weighted by molar-refractivity contribution is 7.92. The summed E-state index contributed by atoms with van der Waals surface area (Å²) in [6, 6.07) is 21.1. The number of amides is 2. The molecule has 38 heavy (non-hydrogen) atoms. The number of carbonyl (C=O) groups is 2. The molecule has 3 aromatic rings. The number of hydrogen-bond donors (Lipinski definition) is 1. The Labute approximate surface area is 230 Å². The molecule has 0 bridgehead atoms. The average Bonchev–Trinajstić information content (AvgIpc) is 2.91. The van der Waals surface area contributed by atoms with E-state index in [9.17, 15) is 18.0 Å². The van der Waals surface area contributed by atoms with Gasteiger partial charge in [-0.15, -0.1) is 0 Å². The number of halogens is 1. The Morgan fingerprint density at radius 1 is 0.947 bits per heavy atom. The van der Waals surface area contributed by atoms with Gasteiger partial charge >= 0.3 is 0 Å². The van der Waals surface area contributed by atoms with Gasteiger partial charge in [0.15, 0.2) is 0 Å². The number of benzene rings is 3. The van der Waals surface area contributed by atoms with Gasteiger partial charge in [-0.05, 0) is 55.7 Å². The van der Waals surface area contributed by atoms with Crippen molar-refractivity contribution in [2.24, 2.45) is 0 Å². The maximum Gasteiger partial charge on any atom is 0.264 e. The van der Waals surface area contributed by atoms with Crippen LogP contribution in [-0.4, -0.2) is 44.3 Å². The van der Waals surface area contributed by atoms with Crippen LogP contribution in [-0.2, 0) is 26.2 Å². The van der Waals surface area contributed by atoms with E-state index in [-0.39, 0.29) is 28.1 Å². The molecule has 0 aromatic heterocycles. The first-order valence-electron chi connectivity index (χ1n) is 12.6. The van der Waals surface area contributed by atoms with Gasteiger partial charge in [-0.25, -0.2) is 8.42 Å². The zero-order valence-electron chi connectivity index (χ0n) is 21.9. The van der Waals surface area contributed by atoms with E-state index in [1.165, 1.54) is 17.0 Å². The van der Waals surface area contributed by atoms with Gasteiger partial charge in [0.2, 0.25) is 11.8 Å². The summed E-state index contributed by atoms with van der Waals surface area (Å²) >= 11 is 6.41. The van der Waals surface area contributed by atoms with Crippen LogP contribution in [0.4, 0.5) is 5.69 Å². The Morgan fingerprint density at radius 3 is 2.24 bits per heavy atom. The normalized spacial score (nSPS) is 12.0. The number of carbonyl (C=O) groups excluding carboxylic acids is 2. The molecular weight excluding hydrogens is 522 g/mol. The third kappa shape index (κ3) is 7.14. The van der Waals surface area contributed by atoms with E-state index in [4.69, 9.17) is 11.6 Å². The molecule has 0 aliphatic heterocycles. The molecule has 0 saturated heterocycles. The molecule has 0 saturated carbocycles. The average molecular weight is 556 g/mol. The molecule has 0 spiro atoms. The molecule has 2 amide bonds. The molecule has 0 unspecified atom stereocenters. The van der Waals surface area contributed by atoms with E-state index in [1.807, 2.05) is 38.1 Å². The SMILES string of the molecule is CCCCNC(=O)[C@@H](C)N(Cc1ccccc1C)C(=O)CN(c1ccccc1Cl)S(=O)(=O)c1ccccc1. The predicted octanol–water partition coefficient (Wildman–Crippen LogP) is 5.18. The number of anilines is 1. The van der Waals surface area contributed by atoms with Crippen molar-refractivity contribution in [3.05, 3.63) is 95.0 Å². The lowest BCUT2D eigenvalue weighted by Crippen LogP contribution is -2.51. The largest absolute Gasteiger partial charge is 0.354 e. The summed E-state index contributed by atoms with van der Waals surface area (Å²) in [5.74, 6) is -0.818. The topological polar surface area (TPSA) is 86.8 Å². The van der Waals surface area contributed by atoms with E-state index < -0.39 is 28.5 Å². The molecular formula is C29H34ClN3O4S. The van der Waals surface area contributed by atoms with Crippen molar-refractivity contribution in [2.45, 2.75) is 51.1 Å². The third-order valence-electron chi connectivity index (χ3n) is 6.33. The van der Waals surface area contributed by atoms with Gasteiger partial charge in [-0.2, -0.15) is 0 Å². The van der Waals surface area contributed by atoms with Crippen molar-refractivity contribution >= 4 is 39.1 Å². The fourth-order valence-corrected chi connectivity index (χ4v) is 5.72. The van der Waals surface area contributed by atoms with E-state index in [0.717, 1.165) is 28.3 Å². The monoisotopic (exact) mass is 555 g/mol. The van der Waals surface area contributed by atoms with Gasteiger partial charge in [-0.1, -0.05) is 79.5 Å². The Kier molecular flexibility index (Phi) is 10.3. The first kappa shape index (κ1) is 29.2. The molecule has 0 heterocycles. The number of aryl methyl sites for hydroxylation is 1. The molecule has 9 heteroatoms. The second kappa shape index (κ2) is 13.4. The third-order valence-corrected chi connectivity index (χ3v) is 8.42. The summed E-state index contributed by atoms with van der Waals surface area (Å²) in [6.45, 7) is 5.73. The molecule has 0 aliphatic carbocycles. The summed E-state index contributed by atoms with van der Waals surface area (Å²) in [7, 11) is -4.15. The number of para-hydroxylation sites is 1. The summed E-state index contributed by atoms with van der Waals surface area (Å²) in [5, 5.41) is 3.07. The lowest BCUT2D eigenvalue weighted by Gasteiger charge is -2.32. The number of nitrogens with zero attached hydrogens (tertiary/aromatic N) is 2. The van der Waals surface area contributed by atoms with Crippen molar-refractivity contribution in [3.63, 3.8) is 0 Å². The highest BCUT2D eigenvalue weighted by atomic mass is 35.5. The minimum atomic E-state index is -4.15. The number of unbranched alkanes of at least 4 members (excludes halogenated alkanes) is 1. The van der Waals surface area contributed by atoms with Crippen molar-refractivity contribution in [3.8, 4) is 0 Å². The van der Waals surface area contributed by atoms with Crippen LogP contribution in [0.1, 0.15) is 37.8 Å². The standard InChI is InChI=1S/C29H34ClN3O4S/c1-4-5-19-31-29(35)23(3)32(20-24-14-10-9-13-22(24)2)28(34)21-33(27-18-12-11-17-26(27)30)38(36,37)25-15-7-6-8-16-25/h6-18,23H,4-5,19-21H2,1-3H3,(H,31,35)/t23-/m1/s1. The van der Waals surface area contributed by atoms with E-state index in [2.05, 4.69) is 5.32 Å². The molecule has 7 nitrogen and oxygen atoms in total. The molecule has 0 fully saturated rings. The molecule has 3 aromatic carbocycles. The highest BCUT2D eigenvalue weighted by Crippen LogP contribution is 2.30. The minimum Gasteiger partial charge on any atom is -0.354 e. The highest BCUT2D eigenvalue weighted by Gasteiger charge is 2.33. The fraction of sp³-hybridized carbons (Fsp3) is 0.310. The van der Waals surface area contributed by atoms with Gasteiger partial charge in [0.1, 0.15) is 12.6 Å². The summed E-state index contributed by atoms with van der Waals surface area (Å²) in [5.41, 5.74) is 2.01. The van der Waals surface area contributed by atoms with E-state index >= 15 is 0 Å². The molecule has 1 atom stereocenters. The van der Waals surface area contributed by atoms with Crippen LogP contribution in [0.2, 0.25) is 5.02 Å². The zero-order chi connectivity index (χ0) is 27.7. The van der Waals surface area contributed by atoms with Crippen molar-refractivity contribution in [1.82, 2.24) is 10.2 Å². The quantitative estimate of drug-likeness (QED) is 0.312. The Morgan fingerprint density at radius 2 is 1.58 bits per heavy atom. The van der Waals surface area contributed by atoms with Crippen LogP contribution in [0.5, 0.6) is 0 Å². The molecule has 0 aliphatic rings. The Balaban J connectivity index is 2.01. The van der Waals surface area contributed by atoms with E-state index in [1.54, 1.807) is 49.4 Å². The molecule has 202 valence electrons. The predicted molar refractivity (Wildman–Crippen MR) is 152 cm³/mol. The van der Waals surface area contributed by atoms with Gasteiger partial charge in [0, 0.05) is 13.1 Å². The number of hydrogen-bond acceptors (Lipinski definition) is 4. The van der Waals surface area contributed by atoms with Gasteiger partial charge in [-0.3, -0.25) is 13.9 Å². The first-order chi connectivity index (χ1) is 18.2. The Hall–Kier alpha value is -3.36. The van der Waals surface area contributed by atoms with Crippen molar-refractivity contribution in [1.29, 1.82) is 0 Å². The lowest BCUT2D eigenvalue weighted by molar-refractivity contribution is -0.139. The molecule has 0 radical (unpaired) electrons. The molecule has 1 N–H and O–H groups in total. The van der Waals surface area contributed by atoms with Crippen LogP contribution < -0.4 is 9.62 Å². The number of nitrogens with one attached hydrogen (secondary N) is 1. The fourth-order valence-electron chi connectivity index (χ4n) is 3.98. The summed E-state index contributed by atoms with van der Waals surface area (Å²) in [6.07, 6.45) is 1.74. The number of rotatable bonds is 12. The van der Waals surface area contributed by atoms with Crippen LogP contribution >= 0.6 is 11.6 Å². The zero-order valence-corrected chi connectivity index (χ0v) is 23.5. The summed E-state index contributed by atoms with van der Waals surface area (Å²) < 4.78 is 28.5. The van der Waals surface area contributed by atoms with Crippen LogP contribution in [0, 0.1) is 6.92 Å². The van der Waals surface area contributed by atoms with Gasteiger partial charge < -0.3 is 10.2 Å². The van der Waals surface area contributed by atoms with Gasteiger partial charge in [0.25, 0.3) is 10.0 Å². The van der Waals surface area contributed by atoms with Crippen LogP contribution in [0.25, 0.3) is 0 Å².